The summed E-state index contributed by atoms with van der Waals surface area (Å²) >= 11 is 3.10. The Bertz CT molecular complexity index is 344. The second-order valence-electron chi connectivity index (χ2n) is 3.06. The first-order valence-electron chi connectivity index (χ1n) is 4.44. The van der Waals surface area contributed by atoms with E-state index in [2.05, 4.69) is 15.9 Å². The SMILES string of the molecule is COc1cccc(C(F)(F)CCN)c1Br. The van der Waals surface area contributed by atoms with Crippen LogP contribution >= 0.6 is 15.9 Å². The molecule has 1 rings (SSSR count). The van der Waals surface area contributed by atoms with E-state index >= 15 is 0 Å². The molecule has 0 saturated carbocycles. The second kappa shape index (κ2) is 4.90. The summed E-state index contributed by atoms with van der Waals surface area (Å²) in [7, 11) is 1.44. The van der Waals surface area contributed by atoms with E-state index in [1.165, 1.54) is 19.2 Å². The Morgan fingerprint density at radius 3 is 2.67 bits per heavy atom. The third-order valence-electron chi connectivity index (χ3n) is 2.04. The van der Waals surface area contributed by atoms with E-state index in [1.807, 2.05) is 0 Å². The molecule has 0 atom stereocenters. The monoisotopic (exact) mass is 279 g/mol. The molecular weight excluding hydrogens is 268 g/mol. The van der Waals surface area contributed by atoms with Crippen molar-refractivity contribution in [2.45, 2.75) is 12.3 Å². The molecule has 0 aliphatic carbocycles. The van der Waals surface area contributed by atoms with Gasteiger partial charge in [-0.3, -0.25) is 0 Å². The molecule has 0 aliphatic rings. The van der Waals surface area contributed by atoms with Gasteiger partial charge in [0.05, 0.1) is 11.6 Å². The Labute approximate surface area is 95.5 Å². The summed E-state index contributed by atoms with van der Waals surface area (Å²) in [6.45, 7) is -0.0589. The topological polar surface area (TPSA) is 35.2 Å². The van der Waals surface area contributed by atoms with Crippen molar-refractivity contribution in [3.8, 4) is 5.75 Å². The zero-order valence-electron chi connectivity index (χ0n) is 8.27. The van der Waals surface area contributed by atoms with Gasteiger partial charge >= 0.3 is 0 Å². The van der Waals surface area contributed by atoms with Crippen molar-refractivity contribution in [2.24, 2.45) is 5.73 Å². The summed E-state index contributed by atoms with van der Waals surface area (Å²) in [4.78, 5) is 0. The van der Waals surface area contributed by atoms with E-state index in [0.717, 1.165) is 0 Å². The van der Waals surface area contributed by atoms with Gasteiger partial charge in [0.25, 0.3) is 5.92 Å². The van der Waals surface area contributed by atoms with E-state index in [-0.39, 0.29) is 23.0 Å². The minimum Gasteiger partial charge on any atom is -0.496 e. The van der Waals surface area contributed by atoms with E-state index < -0.39 is 5.92 Å². The van der Waals surface area contributed by atoms with Gasteiger partial charge in [0.2, 0.25) is 0 Å². The molecule has 0 aliphatic heterocycles. The van der Waals surface area contributed by atoms with Crippen LogP contribution in [-0.2, 0) is 5.92 Å². The van der Waals surface area contributed by atoms with Gasteiger partial charge in [-0.05, 0) is 28.5 Å². The third-order valence-corrected chi connectivity index (χ3v) is 2.85. The van der Waals surface area contributed by atoms with E-state index in [4.69, 9.17) is 10.5 Å². The molecule has 0 spiro atoms. The van der Waals surface area contributed by atoms with Crippen molar-refractivity contribution in [1.29, 1.82) is 0 Å². The van der Waals surface area contributed by atoms with Crippen LogP contribution in [-0.4, -0.2) is 13.7 Å². The van der Waals surface area contributed by atoms with Gasteiger partial charge in [0.15, 0.2) is 0 Å². The van der Waals surface area contributed by atoms with Crippen LogP contribution in [0.25, 0.3) is 0 Å². The number of nitrogens with two attached hydrogens (primary N) is 1. The number of benzene rings is 1. The fourth-order valence-corrected chi connectivity index (χ4v) is 1.98. The van der Waals surface area contributed by atoms with Crippen LogP contribution in [0.1, 0.15) is 12.0 Å². The van der Waals surface area contributed by atoms with Crippen molar-refractivity contribution in [3.63, 3.8) is 0 Å². The molecule has 84 valence electrons. The zero-order valence-corrected chi connectivity index (χ0v) is 9.85. The van der Waals surface area contributed by atoms with Gasteiger partial charge in [0, 0.05) is 12.0 Å². The number of hydrogen-bond donors (Lipinski definition) is 1. The molecule has 0 unspecified atom stereocenters. The summed E-state index contributed by atoms with van der Waals surface area (Å²) in [5.74, 6) is -2.54. The summed E-state index contributed by atoms with van der Waals surface area (Å²) < 4.78 is 32.4. The predicted molar refractivity (Wildman–Crippen MR) is 58.3 cm³/mol. The molecule has 0 radical (unpaired) electrons. The Morgan fingerprint density at radius 2 is 2.13 bits per heavy atom. The number of hydrogen-bond acceptors (Lipinski definition) is 2. The predicted octanol–water partition coefficient (Wildman–Crippen LogP) is 2.90. The largest absolute Gasteiger partial charge is 0.496 e. The highest BCUT2D eigenvalue weighted by Crippen LogP contribution is 2.40. The van der Waals surface area contributed by atoms with Crippen molar-refractivity contribution in [1.82, 2.24) is 0 Å². The number of rotatable bonds is 4. The van der Waals surface area contributed by atoms with Crippen LogP contribution in [0.5, 0.6) is 5.75 Å². The van der Waals surface area contributed by atoms with Crippen molar-refractivity contribution in [3.05, 3.63) is 28.2 Å². The van der Waals surface area contributed by atoms with Gasteiger partial charge in [-0.25, -0.2) is 8.78 Å². The molecule has 0 amide bonds. The van der Waals surface area contributed by atoms with Crippen molar-refractivity contribution >= 4 is 15.9 Å². The molecule has 0 saturated heterocycles. The molecule has 0 bridgehead atoms. The van der Waals surface area contributed by atoms with Crippen molar-refractivity contribution < 1.29 is 13.5 Å². The van der Waals surface area contributed by atoms with E-state index in [0.29, 0.717) is 5.75 Å². The molecule has 1 aromatic carbocycles. The van der Waals surface area contributed by atoms with Gasteiger partial charge in [-0.1, -0.05) is 12.1 Å². The number of methoxy groups -OCH3 is 1. The zero-order chi connectivity index (χ0) is 11.5. The molecule has 2 N–H and O–H groups in total. The third kappa shape index (κ3) is 2.66. The highest BCUT2D eigenvalue weighted by molar-refractivity contribution is 9.10. The van der Waals surface area contributed by atoms with Gasteiger partial charge < -0.3 is 10.5 Å². The lowest BCUT2D eigenvalue weighted by molar-refractivity contribution is -0.0116. The quantitative estimate of drug-likeness (QED) is 0.920. The lowest BCUT2D eigenvalue weighted by atomic mass is 10.1. The summed E-state index contributed by atoms with van der Waals surface area (Å²) in [5, 5.41) is 0. The number of alkyl halides is 2. The van der Waals surface area contributed by atoms with E-state index in [9.17, 15) is 8.78 Å². The van der Waals surface area contributed by atoms with Crippen LogP contribution in [0.2, 0.25) is 0 Å². The summed E-state index contributed by atoms with van der Waals surface area (Å²) in [6, 6.07) is 4.51. The lowest BCUT2D eigenvalue weighted by Gasteiger charge is -2.18. The second-order valence-corrected chi connectivity index (χ2v) is 3.86. The van der Waals surface area contributed by atoms with Crippen LogP contribution in [0, 0.1) is 0 Å². The summed E-state index contributed by atoms with van der Waals surface area (Å²) in [5.41, 5.74) is 5.06. The molecule has 0 aromatic heterocycles. The molecular formula is C10H12BrF2NO. The molecule has 1 aromatic rings. The van der Waals surface area contributed by atoms with E-state index in [1.54, 1.807) is 6.07 Å². The molecule has 0 heterocycles. The first kappa shape index (κ1) is 12.4. The fourth-order valence-electron chi connectivity index (χ4n) is 1.27. The van der Waals surface area contributed by atoms with Crippen molar-refractivity contribution in [2.75, 3.05) is 13.7 Å². The molecule has 0 fully saturated rings. The maximum absolute atomic E-state index is 13.6. The van der Waals surface area contributed by atoms with Crippen LogP contribution in [0.3, 0.4) is 0 Å². The Balaban J connectivity index is 3.14. The highest BCUT2D eigenvalue weighted by atomic mass is 79.9. The van der Waals surface area contributed by atoms with Gasteiger partial charge in [-0.2, -0.15) is 0 Å². The maximum atomic E-state index is 13.6. The van der Waals surface area contributed by atoms with Gasteiger partial charge in [0.1, 0.15) is 5.75 Å². The Hall–Kier alpha value is -0.680. The Kier molecular flexibility index (Phi) is 4.04. The first-order valence-corrected chi connectivity index (χ1v) is 5.23. The molecule has 15 heavy (non-hydrogen) atoms. The molecule has 5 heteroatoms. The number of ether oxygens (including phenoxy) is 1. The average molecular weight is 280 g/mol. The van der Waals surface area contributed by atoms with Crippen LogP contribution in [0.15, 0.2) is 22.7 Å². The lowest BCUT2D eigenvalue weighted by Crippen LogP contribution is -2.19. The Morgan fingerprint density at radius 1 is 1.47 bits per heavy atom. The standard InChI is InChI=1S/C10H12BrF2NO/c1-15-8-4-2-3-7(9(8)11)10(12,13)5-6-14/h2-4H,5-6,14H2,1H3. The minimum atomic E-state index is -2.93. The smallest absolute Gasteiger partial charge is 0.275 e. The maximum Gasteiger partial charge on any atom is 0.275 e. The average Bonchev–Trinajstić information content (AvgIpc) is 2.17. The van der Waals surface area contributed by atoms with Gasteiger partial charge in [-0.15, -0.1) is 0 Å². The molecule has 2 nitrogen and oxygen atoms in total. The number of halogens is 3. The van der Waals surface area contributed by atoms with Crippen LogP contribution in [0.4, 0.5) is 8.78 Å². The fraction of sp³-hybridized carbons (Fsp3) is 0.400. The minimum absolute atomic E-state index is 0.0589. The summed E-state index contributed by atoms with van der Waals surface area (Å²) in [6.07, 6.45) is -0.376. The first-order chi connectivity index (χ1) is 7.03. The van der Waals surface area contributed by atoms with Crippen LogP contribution < -0.4 is 10.5 Å². The highest BCUT2D eigenvalue weighted by Gasteiger charge is 2.33. The normalized spacial score (nSPS) is 11.5.